The summed E-state index contributed by atoms with van der Waals surface area (Å²) in [5.74, 6) is -5.35. The van der Waals surface area contributed by atoms with Crippen LogP contribution in [-0.4, -0.2) is 74.1 Å². The summed E-state index contributed by atoms with van der Waals surface area (Å²) < 4.78 is 18.6. The third-order valence-corrected chi connectivity index (χ3v) is 8.19. The minimum absolute atomic E-state index is 0.0584. The van der Waals surface area contributed by atoms with Gasteiger partial charge in [-0.25, -0.2) is 4.79 Å². The second-order valence-corrected chi connectivity index (χ2v) is 12.4. The number of nitrogens with one attached hydrogen (secondary N) is 1. The molecule has 2 amide bonds. The molecule has 0 saturated carbocycles. The minimum atomic E-state index is -4.18. The van der Waals surface area contributed by atoms with Crippen molar-refractivity contribution < 1.29 is 43.6 Å². The van der Waals surface area contributed by atoms with Gasteiger partial charge in [-0.15, -0.1) is 0 Å². The first-order valence-corrected chi connectivity index (χ1v) is 13.7. The van der Waals surface area contributed by atoms with Gasteiger partial charge in [-0.3, -0.25) is 18.9 Å². The Bertz CT molecular complexity index is 993. The predicted octanol–water partition coefficient (Wildman–Crippen LogP) is 2.91. The van der Waals surface area contributed by atoms with E-state index >= 15 is 0 Å². The second-order valence-electron chi connectivity index (χ2n) is 9.95. The first kappa shape index (κ1) is 29.3. The lowest BCUT2D eigenvalue weighted by atomic mass is 10.0. The zero-order chi connectivity index (χ0) is 27.1. The van der Waals surface area contributed by atoms with E-state index in [4.69, 9.17) is 9.84 Å². The molecular weight excluding hydrogens is 491 g/mol. The van der Waals surface area contributed by atoms with E-state index in [-0.39, 0.29) is 25.8 Å². The van der Waals surface area contributed by atoms with Gasteiger partial charge < -0.3 is 30.1 Å². The number of ether oxygens (including phenoxy) is 1. The second kappa shape index (κ2) is 12.4. The van der Waals surface area contributed by atoms with Gasteiger partial charge in [0.05, 0.1) is 5.92 Å². The van der Waals surface area contributed by atoms with Crippen LogP contribution in [0.1, 0.15) is 52.0 Å². The van der Waals surface area contributed by atoms with Crippen LogP contribution in [0.5, 0.6) is 0 Å². The normalized spacial score (nSPS) is 19.1. The molecule has 4 atom stereocenters. The van der Waals surface area contributed by atoms with Gasteiger partial charge in [0.15, 0.2) is 0 Å². The molecule has 11 nitrogen and oxygen atoms in total. The number of likely N-dealkylation sites (tertiary alicyclic amines) is 1. The number of hydrogen-bond acceptors (Lipinski definition) is 6. The van der Waals surface area contributed by atoms with Crippen LogP contribution in [0.15, 0.2) is 30.3 Å². The van der Waals surface area contributed by atoms with E-state index in [1.54, 1.807) is 51.1 Å². The van der Waals surface area contributed by atoms with Crippen LogP contribution >= 0.6 is 7.37 Å². The Hall–Kier alpha value is -2.91. The molecule has 200 valence electrons. The molecular formula is C24H35N2O9P. The quantitative estimate of drug-likeness (QED) is 0.317. The number of rotatable bonds is 11. The maximum Gasteiger partial charge on any atom is 0.408 e. The lowest BCUT2D eigenvalue weighted by Gasteiger charge is -2.32. The Morgan fingerprint density at radius 1 is 1.17 bits per heavy atom. The van der Waals surface area contributed by atoms with Gasteiger partial charge in [-0.05, 0) is 52.0 Å². The van der Waals surface area contributed by atoms with E-state index < -0.39 is 67.2 Å². The highest BCUT2D eigenvalue weighted by Gasteiger charge is 2.45. The number of carboxylic acids is 2. The van der Waals surface area contributed by atoms with Gasteiger partial charge in [-0.1, -0.05) is 30.3 Å². The van der Waals surface area contributed by atoms with Gasteiger partial charge in [0, 0.05) is 19.1 Å². The molecule has 0 bridgehead atoms. The Morgan fingerprint density at radius 3 is 2.36 bits per heavy atom. The van der Waals surface area contributed by atoms with Crippen molar-refractivity contribution in [3.8, 4) is 0 Å². The van der Waals surface area contributed by atoms with E-state index in [0.29, 0.717) is 12.0 Å². The highest BCUT2D eigenvalue weighted by atomic mass is 31.2. The summed E-state index contributed by atoms with van der Waals surface area (Å²) in [5, 5.41) is 21.2. The fourth-order valence-corrected chi connectivity index (χ4v) is 6.58. The fraction of sp³-hybridized carbons (Fsp3) is 0.583. The smallest absolute Gasteiger partial charge is 0.408 e. The standard InChI is InChI=1S/C24H35N2O9P/c1-24(2,3)35-23(32)25-18(11-12-20(27)28)21(29)26-13-7-10-19(26)36(33,34)15-17(22(30)31)14-16-8-5-4-6-9-16/h4-6,8-9,17-19H,7,10-15H2,1-3H3,(H,25,32)(H,27,28)(H,30,31)(H,33,34)/t17-,18+,19+/m1/s1. The van der Waals surface area contributed by atoms with Gasteiger partial charge in [0.1, 0.15) is 17.4 Å². The number of amides is 2. The van der Waals surface area contributed by atoms with E-state index in [2.05, 4.69) is 5.32 Å². The van der Waals surface area contributed by atoms with E-state index in [1.807, 2.05) is 0 Å². The molecule has 1 aromatic rings. The molecule has 12 heteroatoms. The number of hydrogen-bond donors (Lipinski definition) is 4. The summed E-state index contributed by atoms with van der Waals surface area (Å²) in [4.78, 5) is 60.7. The Labute approximate surface area is 210 Å². The highest BCUT2D eigenvalue weighted by molar-refractivity contribution is 7.58. The summed E-state index contributed by atoms with van der Waals surface area (Å²) in [6.07, 6.45) is -1.43. The SMILES string of the molecule is CC(C)(C)OC(=O)N[C@@H](CCC(=O)O)C(=O)N1CCC[C@@H]1P(=O)(O)C[C@@H](Cc1ccccc1)C(=O)O. The number of carbonyl (C=O) groups is 4. The van der Waals surface area contributed by atoms with Crippen LogP contribution in [-0.2, 0) is 30.1 Å². The van der Waals surface area contributed by atoms with Gasteiger partial charge >= 0.3 is 18.0 Å². The van der Waals surface area contributed by atoms with Crippen molar-refractivity contribution in [2.75, 3.05) is 12.7 Å². The van der Waals surface area contributed by atoms with Crippen LogP contribution in [0.25, 0.3) is 0 Å². The number of aliphatic carboxylic acids is 2. The van der Waals surface area contributed by atoms with Crippen molar-refractivity contribution in [1.29, 1.82) is 0 Å². The molecule has 4 N–H and O–H groups in total. The molecule has 1 aliphatic rings. The molecule has 1 aromatic carbocycles. The van der Waals surface area contributed by atoms with Crippen LogP contribution in [0.2, 0.25) is 0 Å². The molecule has 0 aliphatic carbocycles. The number of benzene rings is 1. The fourth-order valence-electron chi connectivity index (χ4n) is 4.17. The molecule has 0 spiro atoms. The minimum Gasteiger partial charge on any atom is -0.481 e. The summed E-state index contributed by atoms with van der Waals surface area (Å²) in [6, 6.07) is 7.47. The Balaban J connectivity index is 2.20. The van der Waals surface area contributed by atoms with Crippen molar-refractivity contribution in [2.45, 2.75) is 70.3 Å². The van der Waals surface area contributed by atoms with Gasteiger partial charge in [0.25, 0.3) is 0 Å². The molecule has 2 rings (SSSR count). The highest BCUT2D eigenvalue weighted by Crippen LogP contribution is 2.53. The van der Waals surface area contributed by atoms with Crippen molar-refractivity contribution in [3.05, 3.63) is 35.9 Å². The molecule has 1 heterocycles. The molecule has 0 radical (unpaired) electrons. The third-order valence-electron chi connectivity index (χ3n) is 5.76. The molecule has 1 unspecified atom stereocenters. The lowest BCUT2D eigenvalue weighted by Crippen LogP contribution is -2.51. The first-order valence-electron chi connectivity index (χ1n) is 11.8. The maximum atomic E-state index is 13.4. The van der Waals surface area contributed by atoms with Crippen molar-refractivity contribution in [3.63, 3.8) is 0 Å². The average Bonchev–Trinajstić information content (AvgIpc) is 3.26. The molecule has 1 fully saturated rings. The van der Waals surface area contributed by atoms with Crippen molar-refractivity contribution in [2.24, 2.45) is 5.92 Å². The lowest BCUT2D eigenvalue weighted by molar-refractivity contribution is -0.141. The summed E-state index contributed by atoms with van der Waals surface area (Å²) in [6.45, 7) is 5.03. The van der Waals surface area contributed by atoms with Crippen LogP contribution in [0.3, 0.4) is 0 Å². The number of nitrogens with zero attached hydrogens (tertiary/aromatic N) is 1. The van der Waals surface area contributed by atoms with Gasteiger partial charge in [-0.2, -0.15) is 0 Å². The number of alkyl carbamates (subject to hydrolysis) is 1. The summed E-state index contributed by atoms with van der Waals surface area (Å²) >= 11 is 0. The third kappa shape index (κ3) is 8.95. The van der Waals surface area contributed by atoms with E-state index in [0.717, 1.165) is 0 Å². The Morgan fingerprint density at radius 2 is 1.81 bits per heavy atom. The average molecular weight is 527 g/mol. The zero-order valence-corrected chi connectivity index (χ0v) is 21.6. The van der Waals surface area contributed by atoms with E-state index in [1.165, 1.54) is 4.90 Å². The molecule has 1 saturated heterocycles. The summed E-state index contributed by atoms with van der Waals surface area (Å²) in [7, 11) is -4.18. The summed E-state index contributed by atoms with van der Waals surface area (Å²) in [5.41, 5.74) is -0.147. The molecule has 1 aliphatic heterocycles. The predicted molar refractivity (Wildman–Crippen MR) is 131 cm³/mol. The maximum absolute atomic E-state index is 13.4. The molecule has 36 heavy (non-hydrogen) atoms. The van der Waals surface area contributed by atoms with Crippen molar-refractivity contribution in [1.82, 2.24) is 10.2 Å². The topological polar surface area (TPSA) is 171 Å². The van der Waals surface area contributed by atoms with Crippen molar-refractivity contribution >= 4 is 31.3 Å². The Kier molecular flexibility index (Phi) is 10.1. The monoisotopic (exact) mass is 526 g/mol. The zero-order valence-electron chi connectivity index (χ0n) is 20.8. The van der Waals surface area contributed by atoms with Crippen LogP contribution < -0.4 is 5.32 Å². The van der Waals surface area contributed by atoms with E-state index in [9.17, 15) is 33.7 Å². The van der Waals surface area contributed by atoms with Gasteiger partial charge in [0.2, 0.25) is 13.3 Å². The first-order chi connectivity index (χ1) is 16.7. The largest absolute Gasteiger partial charge is 0.481 e. The van der Waals surface area contributed by atoms with Crippen LogP contribution in [0, 0.1) is 5.92 Å². The molecule has 0 aromatic heterocycles. The van der Waals surface area contributed by atoms with Crippen LogP contribution in [0.4, 0.5) is 4.79 Å². The number of carboxylic acid groups (broad SMARTS) is 2. The number of carbonyl (C=O) groups excluding carboxylic acids is 2.